The Morgan fingerprint density at radius 1 is 1.04 bits per heavy atom. The van der Waals surface area contributed by atoms with Crippen LogP contribution in [0, 0.1) is 5.92 Å². The Morgan fingerprint density at radius 2 is 1.56 bits per heavy atom. The van der Waals surface area contributed by atoms with Gasteiger partial charge in [-0.2, -0.15) is 0 Å². The minimum atomic E-state index is -2.92. The molecule has 0 aromatic heterocycles. The normalized spacial score (nSPS) is 19.1. The molecular weight excluding hydrogens is 336 g/mol. The summed E-state index contributed by atoms with van der Waals surface area (Å²) in [6.45, 7) is 9.63. The minimum absolute atomic E-state index is 0.0396. The number of hydrogen-bond acceptors (Lipinski definition) is 4. The molecule has 1 heterocycles. The summed E-state index contributed by atoms with van der Waals surface area (Å²) in [5, 5.41) is 3.12. The van der Waals surface area contributed by atoms with Crippen molar-refractivity contribution in [2.24, 2.45) is 5.92 Å². The first-order chi connectivity index (χ1) is 11.7. The number of carbonyl (C=O) groups is 1. The number of hydrogen-bond donors (Lipinski definition) is 1. The van der Waals surface area contributed by atoms with E-state index in [-0.39, 0.29) is 35.9 Å². The largest absolute Gasteiger partial charge is 0.348 e. The third kappa shape index (κ3) is 5.82. The summed E-state index contributed by atoms with van der Waals surface area (Å²) in [4.78, 5) is 14.3. The van der Waals surface area contributed by atoms with Crippen LogP contribution in [0.3, 0.4) is 0 Å². The quantitative estimate of drug-likeness (QED) is 0.839. The number of benzene rings is 1. The highest BCUT2D eigenvalue weighted by Crippen LogP contribution is 2.24. The number of amides is 1. The minimum Gasteiger partial charge on any atom is -0.348 e. The lowest BCUT2D eigenvalue weighted by molar-refractivity contribution is -0.123. The van der Waals surface area contributed by atoms with E-state index in [0.29, 0.717) is 19.0 Å². The van der Waals surface area contributed by atoms with Crippen molar-refractivity contribution in [1.29, 1.82) is 0 Å². The molecule has 1 aromatic carbocycles. The number of carbonyl (C=O) groups excluding carboxylic acids is 1. The molecule has 0 radical (unpaired) electrons. The molecule has 2 rings (SSSR count). The van der Waals surface area contributed by atoms with Gasteiger partial charge in [0.2, 0.25) is 5.91 Å². The Bertz CT molecular complexity index is 667. The van der Waals surface area contributed by atoms with Gasteiger partial charge in [0.15, 0.2) is 9.84 Å². The number of nitrogens with zero attached hydrogens (tertiary/aromatic N) is 1. The van der Waals surface area contributed by atoms with E-state index >= 15 is 0 Å². The van der Waals surface area contributed by atoms with Crippen molar-refractivity contribution in [1.82, 2.24) is 10.2 Å². The summed E-state index contributed by atoms with van der Waals surface area (Å²) in [5.41, 5.74) is 2.39. The molecule has 6 heteroatoms. The number of rotatable bonds is 6. The molecular formula is C19H30N2O3S. The van der Waals surface area contributed by atoms with Crippen LogP contribution in [0.15, 0.2) is 24.3 Å². The predicted molar refractivity (Wildman–Crippen MR) is 101 cm³/mol. The van der Waals surface area contributed by atoms with Gasteiger partial charge in [0.05, 0.1) is 24.1 Å². The highest BCUT2D eigenvalue weighted by Gasteiger charge is 2.24. The lowest BCUT2D eigenvalue weighted by atomic mass is 9.93. The van der Waals surface area contributed by atoms with Crippen LogP contribution in [0.4, 0.5) is 0 Å². The van der Waals surface area contributed by atoms with Crippen LogP contribution in [0.2, 0.25) is 0 Å². The van der Waals surface area contributed by atoms with Gasteiger partial charge in [-0.3, -0.25) is 9.69 Å². The summed E-state index contributed by atoms with van der Waals surface area (Å²) < 4.78 is 23.0. The van der Waals surface area contributed by atoms with Gasteiger partial charge < -0.3 is 5.32 Å². The van der Waals surface area contributed by atoms with E-state index in [9.17, 15) is 13.2 Å². The average Bonchev–Trinajstić information content (AvgIpc) is 2.54. The standard InChI is InChI=1S/C19H30N2O3S/c1-14(2)16-5-7-17(8-6-16)19(15(3)4)20-18(22)13-21-9-11-25(23,24)12-10-21/h5-8,14-15,19H,9-13H2,1-4H3,(H,20,22)/t19-/m1/s1. The van der Waals surface area contributed by atoms with Crippen LogP contribution in [-0.4, -0.2) is 50.4 Å². The average molecular weight is 367 g/mol. The van der Waals surface area contributed by atoms with Crippen LogP contribution in [0.1, 0.15) is 50.8 Å². The Kier molecular flexibility index (Phi) is 6.63. The van der Waals surface area contributed by atoms with Crippen molar-refractivity contribution in [2.45, 2.75) is 39.7 Å². The van der Waals surface area contributed by atoms with E-state index in [1.54, 1.807) is 0 Å². The van der Waals surface area contributed by atoms with Gasteiger partial charge >= 0.3 is 0 Å². The van der Waals surface area contributed by atoms with Crippen molar-refractivity contribution in [3.8, 4) is 0 Å². The monoisotopic (exact) mass is 366 g/mol. The second-order valence-corrected chi connectivity index (χ2v) is 9.84. The summed E-state index contributed by atoms with van der Waals surface area (Å²) in [7, 11) is -2.92. The van der Waals surface area contributed by atoms with Crippen molar-refractivity contribution in [3.05, 3.63) is 35.4 Å². The zero-order valence-corrected chi connectivity index (χ0v) is 16.5. The Morgan fingerprint density at radius 3 is 2.04 bits per heavy atom. The molecule has 0 spiro atoms. The van der Waals surface area contributed by atoms with Crippen LogP contribution >= 0.6 is 0 Å². The van der Waals surface area contributed by atoms with Gasteiger partial charge in [-0.1, -0.05) is 52.0 Å². The fourth-order valence-corrected chi connectivity index (χ4v) is 4.33. The molecule has 1 aliphatic rings. The van der Waals surface area contributed by atoms with Crippen molar-refractivity contribution in [3.63, 3.8) is 0 Å². The third-order valence-corrected chi connectivity index (χ3v) is 6.36. The lowest BCUT2D eigenvalue weighted by Crippen LogP contribution is -2.46. The molecule has 25 heavy (non-hydrogen) atoms. The maximum absolute atomic E-state index is 12.4. The van der Waals surface area contributed by atoms with Gasteiger partial charge in [-0.15, -0.1) is 0 Å². The first-order valence-corrected chi connectivity index (χ1v) is 10.8. The molecule has 5 nitrogen and oxygen atoms in total. The van der Waals surface area contributed by atoms with E-state index in [1.165, 1.54) is 5.56 Å². The van der Waals surface area contributed by atoms with Crippen LogP contribution in [0.5, 0.6) is 0 Å². The fourth-order valence-electron chi connectivity index (χ4n) is 3.05. The van der Waals surface area contributed by atoms with Gasteiger partial charge in [-0.05, 0) is 23.0 Å². The second-order valence-electron chi connectivity index (χ2n) is 7.54. The topological polar surface area (TPSA) is 66.5 Å². The fraction of sp³-hybridized carbons (Fsp3) is 0.632. The zero-order valence-electron chi connectivity index (χ0n) is 15.7. The summed E-state index contributed by atoms with van der Waals surface area (Å²) in [6, 6.07) is 8.39. The van der Waals surface area contributed by atoms with E-state index in [4.69, 9.17) is 0 Å². The Hall–Kier alpha value is -1.40. The molecule has 140 valence electrons. The summed E-state index contributed by atoms with van der Waals surface area (Å²) in [6.07, 6.45) is 0. The molecule has 1 fully saturated rings. The van der Waals surface area contributed by atoms with E-state index in [0.717, 1.165) is 5.56 Å². The molecule has 1 N–H and O–H groups in total. The van der Waals surface area contributed by atoms with E-state index in [1.807, 2.05) is 4.90 Å². The molecule has 1 saturated heterocycles. The SMILES string of the molecule is CC(C)c1ccc([C@H](NC(=O)CN2CCS(=O)(=O)CC2)C(C)C)cc1. The lowest BCUT2D eigenvalue weighted by Gasteiger charge is -2.28. The molecule has 0 aliphatic carbocycles. The van der Waals surface area contributed by atoms with Crippen LogP contribution < -0.4 is 5.32 Å². The maximum Gasteiger partial charge on any atom is 0.234 e. The number of sulfone groups is 1. The summed E-state index contributed by atoms with van der Waals surface area (Å²) in [5.74, 6) is 0.993. The second kappa shape index (κ2) is 8.32. The van der Waals surface area contributed by atoms with Crippen LogP contribution in [0.25, 0.3) is 0 Å². The molecule has 1 atom stereocenters. The molecule has 0 saturated carbocycles. The highest BCUT2D eigenvalue weighted by molar-refractivity contribution is 7.91. The van der Waals surface area contributed by atoms with Crippen LogP contribution in [-0.2, 0) is 14.6 Å². The third-order valence-electron chi connectivity index (χ3n) is 4.75. The molecule has 1 amide bonds. The zero-order chi connectivity index (χ0) is 18.6. The van der Waals surface area contributed by atoms with E-state index in [2.05, 4.69) is 57.3 Å². The molecule has 1 aromatic rings. The smallest absolute Gasteiger partial charge is 0.234 e. The Balaban J connectivity index is 1.97. The Labute approximate surface area is 151 Å². The predicted octanol–water partition coefficient (Wildman–Crippen LogP) is 2.35. The maximum atomic E-state index is 12.4. The molecule has 0 bridgehead atoms. The van der Waals surface area contributed by atoms with Gasteiger partial charge in [0, 0.05) is 13.1 Å². The van der Waals surface area contributed by atoms with Crippen molar-refractivity contribution >= 4 is 15.7 Å². The van der Waals surface area contributed by atoms with Gasteiger partial charge in [0.25, 0.3) is 0 Å². The molecule has 0 unspecified atom stereocenters. The highest BCUT2D eigenvalue weighted by atomic mass is 32.2. The van der Waals surface area contributed by atoms with E-state index < -0.39 is 9.84 Å². The first kappa shape index (κ1) is 19.9. The first-order valence-electron chi connectivity index (χ1n) is 9.00. The summed E-state index contributed by atoms with van der Waals surface area (Å²) >= 11 is 0. The molecule has 1 aliphatic heterocycles. The van der Waals surface area contributed by atoms with Crippen molar-refractivity contribution < 1.29 is 13.2 Å². The van der Waals surface area contributed by atoms with Crippen molar-refractivity contribution in [2.75, 3.05) is 31.1 Å². The van der Waals surface area contributed by atoms with Gasteiger partial charge in [-0.25, -0.2) is 8.42 Å². The number of nitrogens with one attached hydrogen (secondary N) is 1. The van der Waals surface area contributed by atoms with Gasteiger partial charge in [0.1, 0.15) is 0 Å².